The lowest BCUT2D eigenvalue weighted by molar-refractivity contribution is -0.127. The van der Waals surface area contributed by atoms with E-state index in [9.17, 15) is 14.4 Å². The molecule has 38 heavy (non-hydrogen) atoms. The Balaban J connectivity index is 1.44. The number of halogens is 1. The normalized spacial score (nSPS) is 11.6. The number of hydrogen-bond donors (Lipinski definition) is 1. The van der Waals surface area contributed by atoms with Crippen LogP contribution in [0.1, 0.15) is 35.6 Å². The molecule has 0 saturated heterocycles. The van der Waals surface area contributed by atoms with E-state index in [-0.39, 0.29) is 30.3 Å². The number of aromatic nitrogens is 4. The van der Waals surface area contributed by atoms with Crippen molar-refractivity contribution in [2.45, 2.75) is 45.1 Å². The fraction of sp³-hybridized carbons (Fsp3) is 0.241. The van der Waals surface area contributed by atoms with Crippen molar-refractivity contribution in [3.8, 4) is 5.69 Å². The molecule has 4 rings (SSSR count). The van der Waals surface area contributed by atoms with E-state index in [1.807, 2.05) is 54.6 Å². The third-order valence-corrected chi connectivity index (χ3v) is 6.35. The second-order valence-electron chi connectivity index (χ2n) is 9.18. The van der Waals surface area contributed by atoms with Gasteiger partial charge in [-0.15, -0.1) is 5.10 Å². The smallest absolute Gasteiger partial charge is 0.220 e. The zero-order valence-corrected chi connectivity index (χ0v) is 21.8. The van der Waals surface area contributed by atoms with Gasteiger partial charge in [0, 0.05) is 24.3 Å². The number of Topliss-reactive ketones (excluding diaryl/α,β-unsaturated/α-hetero) is 2. The molecule has 1 atom stereocenters. The highest BCUT2D eigenvalue weighted by Crippen LogP contribution is 2.20. The van der Waals surface area contributed by atoms with Gasteiger partial charge >= 0.3 is 0 Å². The van der Waals surface area contributed by atoms with Gasteiger partial charge in [-0.1, -0.05) is 66.2 Å². The lowest BCUT2D eigenvalue weighted by atomic mass is 9.96. The fourth-order valence-corrected chi connectivity index (χ4v) is 4.44. The summed E-state index contributed by atoms with van der Waals surface area (Å²) >= 11 is 6.20. The minimum Gasteiger partial charge on any atom is -0.346 e. The number of amides is 1. The Morgan fingerprint density at radius 2 is 1.63 bits per heavy atom. The molecule has 8 nitrogen and oxygen atoms in total. The number of hydrogen-bond acceptors (Lipinski definition) is 6. The van der Waals surface area contributed by atoms with Crippen LogP contribution in [0.5, 0.6) is 0 Å². The summed E-state index contributed by atoms with van der Waals surface area (Å²) < 4.78 is 1.52. The molecule has 1 heterocycles. The van der Waals surface area contributed by atoms with Crippen molar-refractivity contribution in [1.82, 2.24) is 25.5 Å². The van der Waals surface area contributed by atoms with E-state index >= 15 is 0 Å². The SMILES string of the molecule is CC(=O)Cc1ccc(CC(=O)[C@H](Cc2ccccc2)NC(=O)CCc2cc(Cl)ccc2-n2cnnn2)cc1. The summed E-state index contributed by atoms with van der Waals surface area (Å²) in [6.45, 7) is 1.55. The Hall–Kier alpha value is -4.17. The summed E-state index contributed by atoms with van der Waals surface area (Å²) in [7, 11) is 0. The number of ketones is 2. The van der Waals surface area contributed by atoms with E-state index in [0.717, 1.165) is 27.9 Å². The van der Waals surface area contributed by atoms with Crippen molar-refractivity contribution in [3.05, 3.63) is 106 Å². The Kier molecular flexibility index (Phi) is 9.11. The third kappa shape index (κ3) is 7.66. The van der Waals surface area contributed by atoms with E-state index in [0.29, 0.717) is 24.3 Å². The standard InChI is InChI=1S/C29H28ClN5O3/c1-20(36)15-22-7-9-23(10-8-22)17-28(37)26(16-21-5-3-2-4-6-21)32-29(38)14-11-24-18-25(30)12-13-27(24)35-19-31-33-34-35/h2-10,12-13,18-19,26H,11,14-17H2,1H3,(H,32,38)/t26-/m0/s1. The highest BCUT2D eigenvalue weighted by molar-refractivity contribution is 6.30. The maximum Gasteiger partial charge on any atom is 0.220 e. The van der Waals surface area contributed by atoms with Gasteiger partial charge in [0.15, 0.2) is 5.78 Å². The van der Waals surface area contributed by atoms with E-state index in [4.69, 9.17) is 11.6 Å². The van der Waals surface area contributed by atoms with Gasteiger partial charge < -0.3 is 5.32 Å². The first-order chi connectivity index (χ1) is 18.4. The van der Waals surface area contributed by atoms with Gasteiger partial charge in [0.1, 0.15) is 12.1 Å². The topological polar surface area (TPSA) is 107 Å². The number of carbonyl (C=O) groups excluding carboxylic acids is 3. The van der Waals surface area contributed by atoms with Crippen LogP contribution in [0, 0.1) is 0 Å². The molecule has 0 saturated carbocycles. The number of nitrogens with zero attached hydrogens (tertiary/aromatic N) is 4. The van der Waals surface area contributed by atoms with Crippen LogP contribution in [0.3, 0.4) is 0 Å². The molecule has 0 bridgehead atoms. The van der Waals surface area contributed by atoms with Gasteiger partial charge in [-0.05, 0) is 70.6 Å². The third-order valence-electron chi connectivity index (χ3n) is 6.12. The van der Waals surface area contributed by atoms with Crippen LogP contribution in [0.2, 0.25) is 5.02 Å². The summed E-state index contributed by atoms with van der Waals surface area (Å²) in [5, 5.41) is 14.8. The summed E-state index contributed by atoms with van der Waals surface area (Å²) in [5.41, 5.74) is 4.25. The zero-order chi connectivity index (χ0) is 26.9. The lowest BCUT2D eigenvalue weighted by Crippen LogP contribution is -2.43. The largest absolute Gasteiger partial charge is 0.346 e. The number of nitrogens with one attached hydrogen (secondary N) is 1. The fourth-order valence-electron chi connectivity index (χ4n) is 4.25. The molecule has 9 heteroatoms. The van der Waals surface area contributed by atoms with Crippen LogP contribution in [0.25, 0.3) is 5.69 Å². The molecule has 0 aliphatic rings. The van der Waals surface area contributed by atoms with Crippen molar-refractivity contribution >= 4 is 29.1 Å². The van der Waals surface area contributed by atoms with Gasteiger partial charge in [-0.3, -0.25) is 14.4 Å². The Morgan fingerprint density at radius 3 is 2.29 bits per heavy atom. The number of benzene rings is 3. The molecule has 0 unspecified atom stereocenters. The van der Waals surface area contributed by atoms with Crippen molar-refractivity contribution < 1.29 is 14.4 Å². The first-order valence-electron chi connectivity index (χ1n) is 12.3. The molecule has 3 aromatic carbocycles. The van der Waals surface area contributed by atoms with Crippen LogP contribution in [-0.2, 0) is 40.1 Å². The molecule has 1 N–H and O–H groups in total. The van der Waals surface area contributed by atoms with Gasteiger partial charge in [0.2, 0.25) is 5.91 Å². The number of rotatable bonds is 12. The van der Waals surface area contributed by atoms with E-state index < -0.39 is 6.04 Å². The van der Waals surface area contributed by atoms with Gasteiger partial charge in [0.25, 0.3) is 0 Å². The second kappa shape index (κ2) is 12.9. The summed E-state index contributed by atoms with van der Waals surface area (Å²) in [4.78, 5) is 37.7. The first kappa shape index (κ1) is 26.9. The minimum atomic E-state index is -0.680. The Morgan fingerprint density at radius 1 is 0.921 bits per heavy atom. The average molecular weight is 530 g/mol. The zero-order valence-electron chi connectivity index (χ0n) is 21.0. The molecule has 0 radical (unpaired) electrons. The number of aryl methyl sites for hydroxylation is 1. The van der Waals surface area contributed by atoms with Gasteiger partial charge in [-0.2, -0.15) is 0 Å². The monoisotopic (exact) mass is 529 g/mol. The molecule has 0 aliphatic carbocycles. The van der Waals surface area contributed by atoms with Gasteiger partial charge in [0.05, 0.1) is 11.7 Å². The maximum atomic E-state index is 13.3. The Labute approximate surface area is 226 Å². The molecule has 0 aliphatic heterocycles. The highest BCUT2D eigenvalue weighted by Gasteiger charge is 2.22. The number of tetrazole rings is 1. The quantitative estimate of drug-likeness (QED) is 0.298. The predicted octanol–water partition coefficient (Wildman–Crippen LogP) is 3.92. The molecule has 0 fully saturated rings. The van der Waals surface area contributed by atoms with Crippen LogP contribution < -0.4 is 5.32 Å². The van der Waals surface area contributed by atoms with Gasteiger partial charge in [-0.25, -0.2) is 4.68 Å². The van der Waals surface area contributed by atoms with Crippen molar-refractivity contribution in [2.75, 3.05) is 0 Å². The minimum absolute atomic E-state index is 0.0846. The van der Waals surface area contributed by atoms with Crippen molar-refractivity contribution in [3.63, 3.8) is 0 Å². The van der Waals surface area contributed by atoms with E-state index in [2.05, 4.69) is 20.8 Å². The molecule has 1 amide bonds. The molecular formula is C29H28ClN5O3. The summed E-state index contributed by atoms with van der Waals surface area (Å²) in [6.07, 6.45) is 2.96. The first-order valence-corrected chi connectivity index (χ1v) is 12.7. The van der Waals surface area contributed by atoms with Crippen molar-refractivity contribution in [2.24, 2.45) is 0 Å². The molecular weight excluding hydrogens is 502 g/mol. The Bertz CT molecular complexity index is 1390. The maximum absolute atomic E-state index is 13.3. The van der Waals surface area contributed by atoms with Crippen LogP contribution in [0.15, 0.2) is 79.1 Å². The second-order valence-corrected chi connectivity index (χ2v) is 9.61. The van der Waals surface area contributed by atoms with Crippen LogP contribution >= 0.6 is 11.6 Å². The van der Waals surface area contributed by atoms with Crippen molar-refractivity contribution in [1.29, 1.82) is 0 Å². The highest BCUT2D eigenvalue weighted by atomic mass is 35.5. The average Bonchev–Trinajstić information content (AvgIpc) is 3.43. The van der Waals surface area contributed by atoms with E-state index in [1.54, 1.807) is 25.1 Å². The predicted molar refractivity (Wildman–Crippen MR) is 144 cm³/mol. The van der Waals surface area contributed by atoms with Crippen LogP contribution in [-0.4, -0.2) is 43.7 Å². The molecule has 4 aromatic rings. The molecule has 1 aromatic heterocycles. The summed E-state index contributed by atoms with van der Waals surface area (Å²) in [5.74, 6) is -0.236. The number of carbonyl (C=O) groups is 3. The summed E-state index contributed by atoms with van der Waals surface area (Å²) in [6, 6.07) is 21.7. The lowest BCUT2D eigenvalue weighted by Gasteiger charge is -2.19. The van der Waals surface area contributed by atoms with E-state index in [1.165, 1.54) is 11.0 Å². The van der Waals surface area contributed by atoms with Crippen LogP contribution in [0.4, 0.5) is 0 Å². The molecule has 0 spiro atoms. The molecule has 194 valence electrons.